The molecule has 0 saturated heterocycles. The number of nitrogens with one attached hydrogen (secondary N) is 2. The summed E-state index contributed by atoms with van der Waals surface area (Å²) in [5.74, 6) is -1.13. The van der Waals surface area contributed by atoms with E-state index in [0.717, 1.165) is 11.3 Å². The van der Waals surface area contributed by atoms with Crippen molar-refractivity contribution in [2.45, 2.75) is 0 Å². The number of aromatic carboxylic acids is 1. The number of nitrogens with zero attached hydrogens (tertiary/aromatic N) is 1. The molecule has 0 atom stereocenters. The zero-order chi connectivity index (χ0) is 15.4. The van der Waals surface area contributed by atoms with Crippen LogP contribution in [0.4, 0.5) is 21.9 Å². The van der Waals surface area contributed by atoms with Crippen LogP contribution in [-0.2, 0) is 0 Å². The summed E-state index contributed by atoms with van der Waals surface area (Å²) in [7, 11) is 0. The normalized spacial score (nSPS) is 9.90. The highest BCUT2D eigenvalue weighted by molar-refractivity contribution is 7.12. The third kappa shape index (κ3) is 3.54. The molecule has 3 N–H and O–H groups in total. The zero-order valence-corrected chi connectivity index (χ0v) is 11.2. The summed E-state index contributed by atoms with van der Waals surface area (Å²) in [5, 5.41) is 25.8. The van der Waals surface area contributed by atoms with Gasteiger partial charge in [0.2, 0.25) is 0 Å². The van der Waals surface area contributed by atoms with Crippen LogP contribution in [0.1, 0.15) is 9.67 Å². The van der Waals surface area contributed by atoms with E-state index in [-0.39, 0.29) is 16.3 Å². The fourth-order valence-electron chi connectivity index (χ4n) is 1.52. The highest BCUT2D eigenvalue weighted by Gasteiger charge is 2.14. The predicted octanol–water partition coefficient (Wildman–Crippen LogP) is 3.00. The molecule has 0 radical (unpaired) electrons. The molecular weight excluding hydrogens is 298 g/mol. The summed E-state index contributed by atoms with van der Waals surface area (Å²) in [6, 6.07) is 6.10. The van der Waals surface area contributed by atoms with Crippen molar-refractivity contribution in [2.75, 3.05) is 10.6 Å². The summed E-state index contributed by atoms with van der Waals surface area (Å²) in [5.41, 5.74) is 0.448. The smallest absolute Gasteiger partial charge is 0.348 e. The van der Waals surface area contributed by atoms with Gasteiger partial charge in [0.15, 0.2) is 0 Å². The van der Waals surface area contributed by atoms with Crippen molar-refractivity contribution in [3.8, 4) is 0 Å². The first-order valence-electron chi connectivity index (χ1n) is 5.60. The largest absolute Gasteiger partial charge is 0.477 e. The number of carboxylic acid groups (broad SMARTS) is 1. The highest BCUT2D eigenvalue weighted by Crippen LogP contribution is 2.22. The van der Waals surface area contributed by atoms with Crippen LogP contribution in [-0.4, -0.2) is 22.0 Å². The molecule has 0 spiro atoms. The van der Waals surface area contributed by atoms with Crippen LogP contribution in [0.5, 0.6) is 0 Å². The van der Waals surface area contributed by atoms with Gasteiger partial charge in [-0.2, -0.15) is 0 Å². The summed E-state index contributed by atoms with van der Waals surface area (Å²) < 4.78 is 0. The fraction of sp³-hybridized carbons (Fsp3) is 0. The quantitative estimate of drug-likeness (QED) is 0.592. The molecule has 8 nitrogen and oxygen atoms in total. The summed E-state index contributed by atoms with van der Waals surface area (Å²) in [6.45, 7) is 0. The van der Waals surface area contributed by atoms with E-state index >= 15 is 0 Å². The van der Waals surface area contributed by atoms with Crippen LogP contribution in [0.2, 0.25) is 0 Å². The van der Waals surface area contributed by atoms with E-state index < -0.39 is 16.9 Å². The Kier molecular flexibility index (Phi) is 4.14. The van der Waals surface area contributed by atoms with Crippen LogP contribution < -0.4 is 10.6 Å². The Bertz CT molecular complexity index is 695. The van der Waals surface area contributed by atoms with Crippen molar-refractivity contribution in [1.29, 1.82) is 0 Å². The van der Waals surface area contributed by atoms with Gasteiger partial charge in [-0.05, 0) is 23.6 Å². The maximum Gasteiger partial charge on any atom is 0.348 e. The third-order valence-corrected chi connectivity index (χ3v) is 3.35. The van der Waals surface area contributed by atoms with Crippen LogP contribution in [0, 0.1) is 10.1 Å². The molecular formula is C12H9N3O5S. The van der Waals surface area contributed by atoms with Crippen LogP contribution in [0.15, 0.2) is 35.7 Å². The van der Waals surface area contributed by atoms with E-state index in [2.05, 4.69) is 10.6 Å². The average molecular weight is 307 g/mol. The van der Waals surface area contributed by atoms with Crippen LogP contribution >= 0.6 is 11.3 Å². The first kappa shape index (κ1) is 14.5. The van der Waals surface area contributed by atoms with Gasteiger partial charge in [0.25, 0.3) is 5.69 Å². The minimum atomic E-state index is -1.13. The van der Waals surface area contributed by atoms with Crippen LogP contribution in [0.25, 0.3) is 0 Å². The molecule has 108 valence electrons. The summed E-state index contributed by atoms with van der Waals surface area (Å²) in [4.78, 5) is 32.6. The Balaban J connectivity index is 2.03. The molecule has 2 amide bonds. The van der Waals surface area contributed by atoms with Crippen molar-refractivity contribution in [3.05, 3.63) is 50.7 Å². The lowest BCUT2D eigenvalue weighted by Crippen LogP contribution is -2.20. The van der Waals surface area contributed by atoms with Gasteiger partial charge in [-0.3, -0.25) is 10.1 Å². The van der Waals surface area contributed by atoms with Crippen molar-refractivity contribution < 1.29 is 19.6 Å². The van der Waals surface area contributed by atoms with Crippen molar-refractivity contribution in [3.63, 3.8) is 0 Å². The second-order valence-electron chi connectivity index (χ2n) is 3.85. The maximum absolute atomic E-state index is 11.7. The van der Waals surface area contributed by atoms with Gasteiger partial charge in [-0.1, -0.05) is 0 Å². The lowest BCUT2D eigenvalue weighted by Gasteiger charge is -2.06. The van der Waals surface area contributed by atoms with Crippen molar-refractivity contribution in [2.24, 2.45) is 0 Å². The summed E-state index contributed by atoms with van der Waals surface area (Å²) >= 11 is 0.994. The topological polar surface area (TPSA) is 122 Å². The Morgan fingerprint density at radius 1 is 1.14 bits per heavy atom. The number of nitro groups is 1. The first-order valence-corrected chi connectivity index (χ1v) is 6.48. The number of anilines is 2. The number of non-ortho nitro benzene ring substituents is 1. The van der Waals surface area contributed by atoms with E-state index in [9.17, 15) is 19.7 Å². The number of nitro benzene ring substituents is 1. The van der Waals surface area contributed by atoms with Crippen LogP contribution in [0.3, 0.4) is 0 Å². The number of hydrogen-bond acceptors (Lipinski definition) is 5. The molecule has 2 rings (SSSR count). The second kappa shape index (κ2) is 6.01. The first-order chi connectivity index (χ1) is 9.97. The Hall–Kier alpha value is -2.94. The van der Waals surface area contributed by atoms with Gasteiger partial charge >= 0.3 is 12.0 Å². The lowest BCUT2D eigenvalue weighted by molar-refractivity contribution is -0.384. The van der Waals surface area contributed by atoms with Gasteiger partial charge in [0.1, 0.15) is 4.88 Å². The van der Waals surface area contributed by atoms with E-state index in [1.807, 2.05) is 0 Å². The molecule has 9 heteroatoms. The maximum atomic E-state index is 11.7. The zero-order valence-electron chi connectivity index (χ0n) is 10.4. The van der Waals surface area contributed by atoms with Crippen molar-refractivity contribution in [1.82, 2.24) is 0 Å². The Morgan fingerprint density at radius 3 is 2.38 bits per heavy atom. The minimum Gasteiger partial charge on any atom is -0.477 e. The fourth-order valence-corrected chi connectivity index (χ4v) is 2.21. The number of carboxylic acids is 1. The molecule has 1 aromatic carbocycles. The molecule has 0 aliphatic rings. The number of carbonyl (C=O) groups is 2. The number of benzene rings is 1. The number of urea groups is 1. The Labute approximate surface area is 122 Å². The molecule has 0 aliphatic heterocycles. The van der Waals surface area contributed by atoms with Crippen molar-refractivity contribution >= 4 is 40.4 Å². The third-order valence-electron chi connectivity index (χ3n) is 2.44. The van der Waals surface area contributed by atoms with E-state index in [0.29, 0.717) is 5.69 Å². The second-order valence-corrected chi connectivity index (χ2v) is 4.77. The molecule has 21 heavy (non-hydrogen) atoms. The van der Waals surface area contributed by atoms with Gasteiger partial charge in [-0.15, -0.1) is 11.3 Å². The number of hydrogen-bond donors (Lipinski definition) is 3. The number of carbonyl (C=O) groups excluding carboxylic acids is 1. The molecule has 2 aromatic rings. The molecule has 0 bridgehead atoms. The van der Waals surface area contributed by atoms with Gasteiger partial charge < -0.3 is 15.7 Å². The molecule has 0 unspecified atom stereocenters. The molecule has 0 aliphatic carbocycles. The number of rotatable bonds is 4. The van der Waals surface area contributed by atoms with Gasteiger partial charge in [-0.25, -0.2) is 9.59 Å². The Morgan fingerprint density at radius 2 is 1.81 bits per heavy atom. The molecule has 0 fully saturated rings. The minimum absolute atomic E-state index is 0.0221. The molecule has 1 aromatic heterocycles. The van der Waals surface area contributed by atoms with Gasteiger partial charge in [0.05, 0.1) is 10.6 Å². The summed E-state index contributed by atoms with van der Waals surface area (Å²) in [6.07, 6.45) is 0. The standard InChI is InChI=1S/C12H9N3O5S/c16-11(17)10-9(5-6-21-10)14-12(18)13-7-1-3-8(4-2-7)15(19)20/h1-6H,(H,16,17)(H2,13,14,18). The number of thiophene rings is 1. The SMILES string of the molecule is O=C(Nc1ccc([N+](=O)[O-])cc1)Nc1ccsc1C(=O)O. The van der Waals surface area contributed by atoms with E-state index in [4.69, 9.17) is 5.11 Å². The number of amides is 2. The van der Waals surface area contributed by atoms with Gasteiger partial charge in [0, 0.05) is 17.8 Å². The highest BCUT2D eigenvalue weighted by atomic mass is 32.1. The average Bonchev–Trinajstić information content (AvgIpc) is 2.87. The predicted molar refractivity (Wildman–Crippen MR) is 77.0 cm³/mol. The lowest BCUT2D eigenvalue weighted by atomic mass is 10.3. The van der Waals surface area contributed by atoms with E-state index in [1.54, 1.807) is 5.38 Å². The van der Waals surface area contributed by atoms with E-state index in [1.165, 1.54) is 30.3 Å². The molecule has 0 saturated carbocycles. The monoisotopic (exact) mass is 307 g/mol. The molecule has 1 heterocycles.